The summed E-state index contributed by atoms with van der Waals surface area (Å²) in [5.74, 6) is -1.05. The number of nitriles is 1. The quantitative estimate of drug-likeness (QED) is 0.663. The summed E-state index contributed by atoms with van der Waals surface area (Å²) in [5, 5.41) is 23.4. The molecule has 2 rings (SSSR count). The van der Waals surface area contributed by atoms with Crippen LogP contribution in [0.2, 0.25) is 0 Å². The van der Waals surface area contributed by atoms with E-state index in [1.54, 1.807) is 30.3 Å². The molecule has 158 valence electrons. The lowest BCUT2D eigenvalue weighted by Gasteiger charge is -2.23. The molecule has 0 spiro atoms. The summed E-state index contributed by atoms with van der Waals surface area (Å²) < 4.78 is 44.0. The molecule has 0 aromatic heterocycles. The van der Waals surface area contributed by atoms with E-state index < -0.39 is 41.4 Å². The molecule has 7 nitrogen and oxygen atoms in total. The molecule has 30 heavy (non-hydrogen) atoms. The van der Waals surface area contributed by atoms with Gasteiger partial charge in [0, 0.05) is 5.69 Å². The van der Waals surface area contributed by atoms with Crippen LogP contribution >= 0.6 is 0 Å². The monoisotopic (exact) mass is 421 g/mol. The van der Waals surface area contributed by atoms with Crippen molar-refractivity contribution in [3.05, 3.63) is 65.2 Å². The highest BCUT2D eigenvalue weighted by Crippen LogP contribution is 2.33. The number of benzene rings is 2. The Labute approximate surface area is 170 Å². The van der Waals surface area contributed by atoms with E-state index in [9.17, 15) is 27.9 Å². The molecule has 0 aliphatic carbocycles. The van der Waals surface area contributed by atoms with Gasteiger partial charge >= 0.3 is 12.3 Å². The molecule has 0 heterocycles. The fraction of sp³-hybridized carbons (Fsp3) is 0.250. The first kappa shape index (κ1) is 22.7. The lowest BCUT2D eigenvalue weighted by atomic mass is 10.0. The van der Waals surface area contributed by atoms with Crippen LogP contribution in [-0.2, 0) is 22.3 Å². The van der Waals surface area contributed by atoms with Gasteiger partial charge in [0.2, 0.25) is 0 Å². The molecule has 0 saturated heterocycles. The van der Waals surface area contributed by atoms with Crippen molar-refractivity contribution in [3.63, 3.8) is 0 Å². The van der Waals surface area contributed by atoms with Crippen LogP contribution in [0.15, 0.2) is 48.5 Å². The second-order valence-electron chi connectivity index (χ2n) is 6.51. The second-order valence-corrected chi connectivity index (χ2v) is 6.51. The van der Waals surface area contributed by atoms with E-state index in [4.69, 9.17) is 10.00 Å². The van der Waals surface area contributed by atoms with Crippen molar-refractivity contribution in [3.8, 4) is 6.07 Å². The van der Waals surface area contributed by atoms with Crippen LogP contribution in [0.1, 0.15) is 23.6 Å². The number of rotatable bonds is 6. The number of alkyl carbamates (subject to hydrolysis) is 1. The first-order chi connectivity index (χ1) is 14.0. The van der Waals surface area contributed by atoms with E-state index in [1.807, 2.05) is 0 Å². The first-order valence-electron chi connectivity index (χ1n) is 8.62. The maximum atomic E-state index is 13.0. The van der Waals surface area contributed by atoms with Gasteiger partial charge in [-0.15, -0.1) is 0 Å². The molecule has 0 fully saturated rings. The fourth-order valence-electron chi connectivity index (χ4n) is 2.32. The molecule has 10 heteroatoms. The maximum Gasteiger partial charge on any atom is 0.417 e. The molecule has 1 atom stereocenters. The van der Waals surface area contributed by atoms with Crippen LogP contribution in [0, 0.1) is 11.3 Å². The normalized spacial score (nSPS) is 12.9. The number of alkyl halides is 3. The average molecular weight is 421 g/mol. The van der Waals surface area contributed by atoms with Gasteiger partial charge in [-0.25, -0.2) is 4.79 Å². The van der Waals surface area contributed by atoms with Crippen LogP contribution < -0.4 is 10.6 Å². The Morgan fingerprint density at radius 1 is 1.17 bits per heavy atom. The van der Waals surface area contributed by atoms with Crippen LogP contribution in [-0.4, -0.2) is 29.3 Å². The Hall–Kier alpha value is -3.58. The lowest BCUT2D eigenvalue weighted by Crippen LogP contribution is -2.49. The largest absolute Gasteiger partial charge is 0.445 e. The molecule has 0 bridgehead atoms. The number of anilines is 1. The van der Waals surface area contributed by atoms with Crippen molar-refractivity contribution in [2.75, 3.05) is 11.9 Å². The second kappa shape index (κ2) is 9.28. The summed E-state index contributed by atoms with van der Waals surface area (Å²) in [6.45, 7) is 0.509. The molecular weight excluding hydrogens is 403 g/mol. The Morgan fingerprint density at radius 3 is 2.43 bits per heavy atom. The zero-order valence-electron chi connectivity index (χ0n) is 15.8. The number of halogens is 3. The zero-order valence-corrected chi connectivity index (χ0v) is 15.8. The highest BCUT2D eigenvalue weighted by molar-refractivity contribution is 5.97. The minimum Gasteiger partial charge on any atom is -0.445 e. The number of nitrogens with one attached hydrogen (secondary N) is 2. The smallest absolute Gasteiger partial charge is 0.417 e. The third-order valence-electron chi connectivity index (χ3n) is 3.98. The summed E-state index contributed by atoms with van der Waals surface area (Å²) in [6, 6.07) is 12.8. The van der Waals surface area contributed by atoms with E-state index in [0.717, 1.165) is 24.6 Å². The third kappa shape index (κ3) is 6.22. The molecule has 2 aromatic rings. The van der Waals surface area contributed by atoms with E-state index in [1.165, 1.54) is 6.07 Å². The predicted molar refractivity (Wildman–Crippen MR) is 100 cm³/mol. The number of carbonyl (C=O) groups excluding carboxylic acids is 2. The molecule has 0 aliphatic heterocycles. The third-order valence-corrected chi connectivity index (χ3v) is 3.98. The van der Waals surface area contributed by atoms with Crippen molar-refractivity contribution in [2.45, 2.75) is 25.3 Å². The Balaban J connectivity index is 1.95. The summed E-state index contributed by atoms with van der Waals surface area (Å²) in [4.78, 5) is 24.0. The van der Waals surface area contributed by atoms with Crippen molar-refractivity contribution < 1.29 is 32.6 Å². The van der Waals surface area contributed by atoms with Crippen LogP contribution in [0.25, 0.3) is 0 Å². The fourth-order valence-corrected chi connectivity index (χ4v) is 2.32. The number of ether oxygens (including phenoxy) is 1. The maximum absolute atomic E-state index is 13.0. The highest BCUT2D eigenvalue weighted by atomic mass is 19.4. The summed E-state index contributed by atoms with van der Waals surface area (Å²) in [6.07, 6.45) is -5.68. The minimum atomic E-state index is -4.79. The number of nitrogens with zero attached hydrogens (tertiary/aromatic N) is 1. The van der Waals surface area contributed by atoms with Crippen molar-refractivity contribution in [1.82, 2.24) is 5.32 Å². The van der Waals surface area contributed by atoms with Crippen LogP contribution in [0.5, 0.6) is 0 Å². The summed E-state index contributed by atoms with van der Waals surface area (Å²) in [7, 11) is 0. The zero-order chi connectivity index (χ0) is 22.4. The van der Waals surface area contributed by atoms with Gasteiger partial charge < -0.3 is 20.5 Å². The Kier molecular flexibility index (Phi) is 7.02. The molecule has 0 aliphatic rings. The van der Waals surface area contributed by atoms with E-state index in [2.05, 4.69) is 10.6 Å². The van der Waals surface area contributed by atoms with Gasteiger partial charge in [-0.3, -0.25) is 4.79 Å². The molecular formula is C20H18F3N3O4. The van der Waals surface area contributed by atoms with Gasteiger partial charge in [-0.2, -0.15) is 18.4 Å². The molecule has 1 unspecified atom stereocenters. The first-order valence-corrected chi connectivity index (χ1v) is 8.62. The van der Waals surface area contributed by atoms with Gasteiger partial charge in [0.15, 0.2) is 5.60 Å². The van der Waals surface area contributed by atoms with Gasteiger partial charge in [-0.05, 0) is 30.7 Å². The standard InChI is InChI=1S/C20H18F3N3O4/c1-19(29,12-25-18(28)30-11-13-5-3-2-4-6-13)17(27)26-15-8-7-14(10-24)16(9-15)20(21,22)23/h2-9,29H,11-12H2,1H3,(H,25,28)(H,26,27). The Morgan fingerprint density at radius 2 is 1.83 bits per heavy atom. The summed E-state index contributed by atoms with van der Waals surface area (Å²) in [5.41, 5.74) is -3.49. The Bertz CT molecular complexity index is 954. The molecule has 2 aromatic carbocycles. The van der Waals surface area contributed by atoms with Crippen molar-refractivity contribution >= 4 is 17.7 Å². The number of aliphatic hydroxyl groups is 1. The lowest BCUT2D eigenvalue weighted by molar-refractivity contribution is -0.138. The SMILES string of the molecule is CC(O)(CNC(=O)OCc1ccccc1)C(=O)Nc1ccc(C#N)c(C(F)(F)F)c1. The summed E-state index contributed by atoms with van der Waals surface area (Å²) >= 11 is 0. The van der Waals surface area contributed by atoms with Crippen molar-refractivity contribution in [2.24, 2.45) is 0 Å². The van der Waals surface area contributed by atoms with Crippen molar-refractivity contribution in [1.29, 1.82) is 5.26 Å². The minimum absolute atomic E-state index is 0.0214. The van der Waals surface area contributed by atoms with Gasteiger partial charge in [0.05, 0.1) is 23.7 Å². The number of amides is 2. The number of hydrogen-bond donors (Lipinski definition) is 3. The van der Waals surface area contributed by atoms with Gasteiger partial charge in [0.25, 0.3) is 5.91 Å². The van der Waals surface area contributed by atoms with E-state index in [-0.39, 0.29) is 12.3 Å². The molecule has 3 N–H and O–H groups in total. The molecule has 0 saturated carbocycles. The number of carbonyl (C=O) groups is 2. The highest BCUT2D eigenvalue weighted by Gasteiger charge is 2.35. The van der Waals surface area contributed by atoms with Crippen LogP contribution in [0.3, 0.4) is 0 Å². The van der Waals surface area contributed by atoms with Crippen LogP contribution in [0.4, 0.5) is 23.7 Å². The molecule has 0 radical (unpaired) electrons. The van der Waals surface area contributed by atoms with Gasteiger partial charge in [0.1, 0.15) is 6.61 Å². The number of hydrogen-bond acceptors (Lipinski definition) is 5. The van der Waals surface area contributed by atoms with E-state index >= 15 is 0 Å². The van der Waals surface area contributed by atoms with E-state index in [0.29, 0.717) is 6.07 Å². The topological polar surface area (TPSA) is 111 Å². The predicted octanol–water partition coefficient (Wildman–Crippen LogP) is 3.19. The average Bonchev–Trinajstić information content (AvgIpc) is 2.70. The molecule has 2 amide bonds. The van der Waals surface area contributed by atoms with Gasteiger partial charge in [-0.1, -0.05) is 30.3 Å².